The Morgan fingerprint density at radius 2 is 2.15 bits per heavy atom. The number of nitrogens with one attached hydrogen (secondary N) is 2. The van der Waals surface area contributed by atoms with E-state index in [2.05, 4.69) is 25.9 Å². The fourth-order valence-corrected chi connectivity index (χ4v) is 4.02. The normalized spacial score (nSPS) is 19.3. The number of aromatic amines is 1. The van der Waals surface area contributed by atoms with Crippen LogP contribution in [0.5, 0.6) is 5.75 Å². The SMILES string of the molecule is C=CS(=O)(=O)NC1CCCN(Cc2cc3cc(OC(F)(F)F)ccc3[nH]2)C1. The third-order valence-corrected chi connectivity index (χ3v) is 5.43. The van der Waals surface area contributed by atoms with Gasteiger partial charge in [0.25, 0.3) is 0 Å². The number of nitrogens with zero attached hydrogens (tertiary/aromatic N) is 1. The molecular weight excluding hydrogens is 383 g/mol. The number of likely N-dealkylation sites (tertiary alicyclic amines) is 1. The van der Waals surface area contributed by atoms with Gasteiger partial charge in [0.15, 0.2) is 0 Å². The summed E-state index contributed by atoms with van der Waals surface area (Å²) in [6.45, 7) is 5.18. The maximum Gasteiger partial charge on any atom is 0.573 e. The number of aromatic nitrogens is 1. The third kappa shape index (κ3) is 5.47. The standard InChI is InChI=1S/C17H20F3N3O3S/c1-2-27(24,25)22-13-4-3-7-23(10-13)11-14-8-12-9-15(26-17(18,19)20)5-6-16(12)21-14/h2,5-6,8-9,13,21-22H,1,3-4,7,10-11H2. The second kappa shape index (κ2) is 7.53. The van der Waals surface area contributed by atoms with Gasteiger partial charge in [0.1, 0.15) is 5.75 Å². The van der Waals surface area contributed by atoms with E-state index in [0.29, 0.717) is 24.0 Å². The van der Waals surface area contributed by atoms with Crippen LogP contribution in [0.25, 0.3) is 10.9 Å². The second-order valence-corrected chi connectivity index (χ2v) is 8.15. The summed E-state index contributed by atoms with van der Waals surface area (Å²) in [6.07, 6.45) is -3.14. The first-order valence-electron chi connectivity index (χ1n) is 8.38. The van der Waals surface area contributed by atoms with Crippen molar-refractivity contribution in [2.24, 2.45) is 0 Å². The lowest BCUT2D eigenvalue weighted by atomic mass is 10.1. The van der Waals surface area contributed by atoms with Crippen LogP contribution in [0.4, 0.5) is 13.2 Å². The molecule has 2 heterocycles. The van der Waals surface area contributed by atoms with Crippen LogP contribution in [0, 0.1) is 0 Å². The van der Waals surface area contributed by atoms with Crippen molar-refractivity contribution in [1.82, 2.24) is 14.6 Å². The van der Waals surface area contributed by atoms with Crippen molar-refractivity contribution in [1.29, 1.82) is 0 Å². The molecule has 1 aliphatic rings. The molecule has 0 amide bonds. The van der Waals surface area contributed by atoms with E-state index in [1.807, 2.05) is 0 Å². The van der Waals surface area contributed by atoms with Crippen LogP contribution < -0.4 is 9.46 Å². The predicted molar refractivity (Wildman–Crippen MR) is 95.5 cm³/mol. The molecule has 1 fully saturated rings. The van der Waals surface area contributed by atoms with E-state index in [1.54, 1.807) is 6.07 Å². The molecule has 10 heteroatoms. The fraction of sp³-hybridized carbons (Fsp3) is 0.412. The number of piperidine rings is 1. The molecule has 1 unspecified atom stereocenters. The first-order chi connectivity index (χ1) is 12.6. The molecule has 1 atom stereocenters. The number of alkyl halides is 3. The molecule has 1 aromatic heterocycles. The molecule has 0 saturated carbocycles. The number of hydrogen-bond acceptors (Lipinski definition) is 4. The molecule has 0 spiro atoms. The number of fused-ring (bicyclic) bond motifs is 1. The van der Waals surface area contributed by atoms with Crippen molar-refractivity contribution in [3.63, 3.8) is 0 Å². The Kier molecular flexibility index (Phi) is 5.50. The van der Waals surface area contributed by atoms with Gasteiger partial charge in [-0.25, -0.2) is 13.1 Å². The maximum absolute atomic E-state index is 12.3. The van der Waals surface area contributed by atoms with Crippen molar-refractivity contribution >= 4 is 20.9 Å². The summed E-state index contributed by atoms with van der Waals surface area (Å²) < 4.78 is 66.8. The molecule has 6 nitrogen and oxygen atoms in total. The minimum Gasteiger partial charge on any atom is -0.406 e. The van der Waals surface area contributed by atoms with Gasteiger partial charge in [-0.2, -0.15) is 0 Å². The Labute approximate surface area is 155 Å². The Bertz CT molecular complexity index is 924. The Hall–Kier alpha value is -2.04. The molecule has 1 saturated heterocycles. The molecule has 0 radical (unpaired) electrons. The van der Waals surface area contributed by atoms with Crippen molar-refractivity contribution in [2.45, 2.75) is 31.8 Å². The average Bonchev–Trinajstić information content (AvgIpc) is 2.94. The minimum atomic E-state index is -4.73. The molecule has 3 rings (SSSR count). The van der Waals surface area contributed by atoms with Gasteiger partial charge < -0.3 is 9.72 Å². The van der Waals surface area contributed by atoms with Gasteiger partial charge in [0.2, 0.25) is 10.0 Å². The molecule has 1 aromatic carbocycles. The Morgan fingerprint density at radius 3 is 2.85 bits per heavy atom. The van der Waals surface area contributed by atoms with Gasteiger partial charge >= 0.3 is 6.36 Å². The van der Waals surface area contributed by atoms with Crippen molar-refractivity contribution in [3.8, 4) is 5.75 Å². The smallest absolute Gasteiger partial charge is 0.406 e. The highest BCUT2D eigenvalue weighted by Gasteiger charge is 2.31. The van der Waals surface area contributed by atoms with Crippen LogP contribution in [0.2, 0.25) is 0 Å². The van der Waals surface area contributed by atoms with E-state index >= 15 is 0 Å². The summed E-state index contributed by atoms with van der Waals surface area (Å²) in [7, 11) is -3.48. The highest BCUT2D eigenvalue weighted by atomic mass is 32.2. The first kappa shape index (κ1) is 19.7. The molecule has 148 valence electrons. The highest BCUT2D eigenvalue weighted by molar-refractivity contribution is 7.92. The number of H-pyrrole nitrogens is 1. The van der Waals surface area contributed by atoms with Crippen molar-refractivity contribution in [2.75, 3.05) is 13.1 Å². The van der Waals surface area contributed by atoms with Gasteiger partial charge in [-0.1, -0.05) is 6.58 Å². The summed E-state index contributed by atoms with van der Waals surface area (Å²) in [5, 5.41) is 1.51. The average molecular weight is 403 g/mol. The summed E-state index contributed by atoms with van der Waals surface area (Å²) in [6, 6.07) is 5.71. The van der Waals surface area contributed by atoms with Crippen molar-refractivity contribution in [3.05, 3.63) is 41.9 Å². The molecule has 2 N–H and O–H groups in total. The summed E-state index contributed by atoms with van der Waals surface area (Å²) in [5.74, 6) is -0.266. The summed E-state index contributed by atoms with van der Waals surface area (Å²) >= 11 is 0. The van der Waals surface area contributed by atoms with Gasteiger partial charge in [0, 0.05) is 41.1 Å². The lowest BCUT2D eigenvalue weighted by Gasteiger charge is -2.32. The zero-order valence-corrected chi connectivity index (χ0v) is 15.2. The van der Waals surface area contributed by atoms with Crippen LogP contribution in [0.1, 0.15) is 18.5 Å². The molecule has 1 aliphatic heterocycles. The monoisotopic (exact) mass is 403 g/mol. The minimum absolute atomic E-state index is 0.196. The molecule has 27 heavy (non-hydrogen) atoms. The van der Waals surface area contributed by atoms with Crippen LogP contribution in [0.15, 0.2) is 36.3 Å². The highest BCUT2D eigenvalue weighted by Crippen LogP contribution is 2.27. The quantitative estimate of drug-likeness (QED) is 0.777. The number of hydrogen-bond donors (Lipinski definition) is 2. The maximum atomic E-state index is 12.3. The van der Waals surface area contributed by atoms with E-state index < -0.39 is 16.4 Å². The molecule has 0 bridgehead atoms. The fourth-order valence-electron chi connectivity index (χ4n) is 3.27. The number of sulfonamides is 1. The number of ether oxygens (including phenoxy) is 1. The largest absolute Gasteiger partial charge is 0.573 e. The van der Waals surface area contributed by atoms with Crippen LogP contribution in [-0.2, 0) is 16.6 Å². The Balaban J connectivity index is 1.68. The van der Waals surface area contributed by atoms with Gasteiger partial charge in [-0.15, -0.1) is 13.2 Å². The van der Waals surface area contributed by atoms with Gasteiger partial charge in [0.05, 0.1) is 0 Å². The second-order valence-electron chi connectivity index (χ2n) is 6.50. The predicted octanol–water partition coefficient (Wildman–Crippen LogP) is 3.09. The van der Waals surface area contributed by atoms with E-state index in [1.165, 1.54) is 18.2 Å². The van der Waals surface area contributed by atoms with Gasteiger partial charge in [-0.05, 0) is 43.7 Å². The zero-order valence-electron chi connectivity index (χ0n) is 14.4. The molecular formula is C17H20F3N3O3S. The topological polar surface area (TPSA) is 74.4 Å². The molecule has 2 aromatic rings. The summed E-state index contributed by atoms with van der Waals surface area (Å²) in [4.78, 5) is 5.27. The number of rotatable bonds is 6. The van der Waals surface area contributed by atoms with E-state index in [-0.39, 0.29) is 11.8 Å². The van der Waals surface area contributed by atoms with Crippen LogP contribution in [-0.4, -0.2) is 43.8 Å². The third-order valence-electron chi connectivity index (χ3n) is 4.33. The number of benzene rings is 1. The lowest BCUT2D eigenvalue weighted by molar-refractivity contribution is -0.274. The van der Waals surface area contributed by atoms with E-state index in [9.17, 15) is 21.6 Å². The van der Waals surface area contributed by atoms with Crippen LogP contribution >= 0.6 is 0 Å². The van der Waals surface area contributed by atoms with Crippen molar-refractivity contribution < 1.29 is 26.3 Å². The lowest BCUT2D eigenvalue weighted by Crippen LogP contribution is -2.46. The summed E-state index contributed by atoms with van der Waals surface area (Å²) in [5.41, 5.74) is 1.54. The van der Waals surface area contributed by atoms with E-state index in [4.69, 9.17) is 0 Å². The van der Waals surface area contributed by atoms with Gasteiger partial charge in [-0.3, -0.25) is 4.90 Å². The Morgan fingerprint density at radius 1 is 1.37 bits per heavy atom. The number of halogens is 3. The first-order valence-corrected chi connectivity index (χ1v) is 9.93. The van der Waals surface area contributed by atoms with Crippen LogP contribution in [0.3, 0.4) is 0 Å². The zero-order chi connectivity index (χ0) is 19.7. The van der Waals surface area contributed by atoms with E-state index in [0.717, 1.165) is 30.5 Å². The molecule has 0 aliphatic carbocycles.